The summed E-state index contributed by atoms with van der Waals surface area (Å²) in [6.45, 7) is 10.4. The zero-order valence-electron chi connectivity index (χ0n) is 18.6. The van der Waals surface area contributed by atoms with E-state index in [1.165, 1.54) is 5.70 Å². The molecule has 0 bridgehead atoms. The largest absolute Gasteiger partial charge is 0.372 e. The molecule has 2 aliphatic rings. The molecule has 1 saturated heterocycles. The van der Waals surface area contributed by atoms with Gasteiger partial charge in [0.2, 0.25) is 0 Å². The van der Waals surface area contributed by atoms with Gasteiger partial charge >= 0.3 is 0 Å². The van der Waals surface area contributed by atoms with E-state index in [1.54, 1.807) is 0 Å². The van der Waals surface area contributed by atoms with Gasteiger partial charge in [-0.25, -0.2) is 0 Å². The second kappa shape index (κ2) is 8.90. The van der Waals surface area contributed by atoms with Gasteiger partial charge in [-0.05, 0) is 49.4 Å². The van der Waals surface area contributed by atoms with Crippen molar-refractivity contribution in [2.75, 3.05) is 19.6 Å². The number of hydrogen-bond acceptors (Lipinski definition) is 4. The molecule has 33 heavy (non-hydrogen) atoms. The Balaban J connectivity index is 1.56. The summed E-state index contributed by atoms with van der Waals surface area (Å²) in [5.41, 5.74) is 7.28. The first-order valence-electron chi connectivity index (χ1n) is 11.3. The number of fused-ring (bicyclic) bond motifs is 2. The van der Waals surface area contributed by atoms with Crippen molar-refractivity contribution in [1.82, 2.24) is 20.2 Å². The van der Waals surface area contributed by atoms with Crippen LogP contribution >= 0.6 is 0 Å². The van der Waals surface area contributed by atoms with Crippen LogP contribution in [-0.2, 0) is 6.42 Å². The second-order valence-corrected chi connectivity index (χ2v) is 8.46. The number of amides is 1. The average Bonchev–Trinajstić information content (AvgIpc) is 3.46. The fourth-order valence-corrected chi connectivity index (χ4v) is 4.49. The number of nitrogens with one attached hydrogen (secondary N) is 2. The van der Waals surface area contributed by atoms with Crippen LogP contribution in [0.3, 0.4) is 0 Å². The van der Waals surface area contributed by atoms with E-state index in [4.69, 9.17) is 0 Å². The Labute approximate surface area is 193 Å². The Kier molecular flexibility index (Phi) is 5.65. The highest BCUT2D eigenvalue weighted by molar-refractivity contribution is 5.98. The van der Waals surface area contributed by atoms with Gasteiger partial charge in [0.15, 0.2) is 0 Å². The van der Waals surface area contributed by atoms with E-state index in [-0.39, 0.29) is 5.91 Å². The number of aliphatic imine (C=N–C) groups is 1. The number of H-pyrrole nitrogens is 1. The summed E-state index contributed by atoms with van der Waals surface area (Å²) in [6, 6.07) is 12.0. The molecule has 2 N–H and O–H groups in total. The van der Waals surface area contributed by atoms with Gasteiger partial charge in [-0.1, -0.05) is 30.9 Å². The van der Waals surface area contributed by atoms with E-state index in [0.29, 0.717) is 12.1 Å². The standard InChI is InChI=1S/C27H27N5O/c1-18-6-5-12-32(18)13-10-20(26-16-22-24(31-26)9-11-29-27(22)33)15-25(28-2)21-14-19-7-3-4-8-23(19)30-17-21/h3-4,7-8,10,14-17,31H,1-2,5-6,9,11-13H2,(H,29,33)/b20-10+,25-15-. The number of likely N-dealkylation sites (tertiary alicyclic amines) is 1. The molecule has 0 atom stereocenters. The number of aromatic nitrogens is 2. The number of allylic oxidation sites excluding steroid dienone is 3. The van der Waals surface area contributed by atoms with Gasteiger partial charge in [0.1, 0.15) is 0 Å². The van der Waals surface area contributed by atoms with E-state index in [9.17, 15) is 4.79 Å². The number of carbonyl (C=O) groups is 1. The molecule has 1 amide bonds. The topological polar surface area (TPSA) is 73.4 Å². The summed E-state index contributed by atoms with van der Waals surface area (Å²) in [6.07, 6.45) is 8.99. The number of nitrogens with zero attached hydrogens (tertiary/aromatic N) is 3. The van der Waals surface area contributed by atoms with Crippen molar-refractivity contribution in [3.05, 3.63) is 89.5 Å². The lowest BCUT2D eigenvalue weighted by Crippen LogP contribution is -2.31. The molecule has 3 aromatic rings. The predicted octanol–water partition coefficient (Wildman–Crippen LogP) is 4.58. The van der Waals surface area contributed by atoms with Crippen molar-refractivity contribution in [3.63, 3.8) is 0 Å². The summed E-state index contributed by atoms with van der Waals surface area (Å²) in [7, 11) is 0. The van der Waals surface area contributed by atoms with Crippen LogP contribution in [0.1, 0.15) is 40.2 Å². The molecule has 0 spiro atoms. The molecule has 6 heteroatoms. The Morgan fingerprint density at radius 3 is 2.91 bits per heavy atom. The minimum Gasteiger partial charge on any atom is -0.372 e. The molecule has 0 unspecified atom stereocenters. The Hall–Kier alpha value is -3.93. The third-order valence-corrected chi connectivity index (χ3v) is 6.34. The highest BCUT2D eigenvalue weighted by Gasteiger charge is 2.21. The van der Waals surface area contributed by atoms with Gasteiger partial charge in [-0.2, -0.15) is 0 Å². The third kappa shape index (κ3) is 4.24. The molecular weight excluding hydrogens is 410 g/mol. The normalized spacial score (nSPS) is 16.8. The highest BCUT2D eigenvalue weighted by Crippen LogP contribution is 2.28. The van der Waals surface area contributed by atoms with Gasteiger partial charge < -0.3 is 15.2 Å². The number of aromatic amines is 1. The first-order chi connectivity index (χ1) is 16.1. The predicted molar refractivity (Wildman–Crippen MR) is 134 cm³/mol. The molecule has 5 rings (SSSR count). The molecule has 1 aromatic carbocycles. The number of rotatable bonds is 6. The first kappa shape index (κ1) is 20.9. The fraction of sp³-hybridized carbons (Fsp3) is 0.222. The van der Waals surface area contributed by atoms with Crippen LogP contribution in [-0.4, -0.2) is 47.1 Å². The maximum absolute atomic E-state index is 12.3. The number of benzene rings is 1. The molecule has 4 heterocycles. The summed E-state index contributed by atoms with van der Waals surface area (Å²) < 4.78 is 0. The third-order valence-electron chi connectivity index (χ3n) is 6.34. The second-order valence-electron chi connectivity index (χ2n) is 8.46. The zero-order valence-corrected chi connectivity index (χ0v) is 18.6. The maximum Gasteiger partial charge on any atom is 0.253 e. The van der Waals surface area contributed by atoms with Crippen molar-refractivity contribution < 1.29 is 4.79 Å². The van der Waals surface area contributed by atoms with Crippen molar-refractivity contribution in [2.45, 2.75) is 19.3 Å². The average molecular weight is 438 g/mol. The van der Waals surface area contributed by atoms with Crippen molar-refractivity contribution in [2.24, 2.45) is 4.99 Å². The maximum atomic E-state index is 12.3. The van der Waals surface area contributed by atoms with E-state index < -0.39 is 0 Å². The summed E-state index contributed by atoms with van der Waals surface area (Å²) in [5, 5.41) is 3.97. The van der Waals surface area contributed by atoms with Crippen LogP contribution in [0.4, 0.5) is 0 Å². The summed E-state index contributed by atoms with van der Waals surface area (Å²) >= 11 is 0. The number of para-hydroxylation sites is 1. The van der Waals surface area contributed by atoms with Gasteiger partial charge in [0.25, 0.3) is 5.91 Å². The summed E-state index contributed by atoms with van der Waals surface area (Å²) in [5.74, 6) is -0.0317. The monoisotopic (exact) mass is 437 g/mol. The molecule has 2 aliphatic heterocycles. The smallest absolute Gasteiger partial charge is 0.253 e. The molecular formula is C27H27N5O. The zero-order chi connectivity index (χ0) is 22.8. The minimum atomic E-state index is -0.0317. The number of hydrogen-bond donors (Lipinski definition) is 2. The SMILES string of the molecule is C=N/C(=C\C(=C/CN1CCCC1=C)c1cc2c([nH]1)CCNC2=O)c1cnc2ccccc2c1. The van der Waals surface area contributed by atoms with E-state index in [1.807, 2.05) is 42.6 Å². The fourth-order valence-electron chi connectivity index (χ4n) is 4.49. The van der Waals surface area contributed by atoms with E-state index in [2.05, 4.69) is 50.6 Å². The van der Waals surface area contributed by atoms with Crippen molar-refractivity contribution in [1.29, 1.82) is 0 Å². The van der Waals surface area contributed by atoms with Crippen LogP contribution in [0, 0.1) is 0 Å². The molecule has 2 aromatic heterocycles. The van der Waals surface area contributed by atoms with Crippen molar-refractivity contribution in [3.8, 4) is 0 Å². The number of carbonyl (C=O) groups excluding carboxylic acids is 1. The van der Waals surface area contributed by atoms with Crippen LogP contribution in [0.2, 0.25) is 0 Å². The van der Waals surface area contributed by atoms with Gasteiger partial charge in [0.05, 0.1) is 16.8 Å². The Morgan fingerprint density at radius 2 is 2.12 bits per heavy atom. The minimum absolute atomic E-state index is 0.0317. The molecule has 6 nitrogen and oxygen atoms in total. The van der Waals surface area contributed by atoms with Crippen LogP contribution in [0.15, 0.2) is 72.0 Å². The quantitative estimate of drug-likeness (QED) is 0.438. The molecule has 166 valence electrons. The molecule has 1 fully saturated rings. The molecule has 0 radical (unpaired) electrons. The van der Waals surface area contributed by atoms with E-state index in [0.717, 1.165) is 71.5 Å². The van der Waals surface area contributed by atoms with Crippen LogP contribution in [0.5, 0.6) is 0 Å². The summed E-state index contributed by atoms with van der Waals surface area (Å²) in [4.78, 5) is 27.0. The van der Waals surface area contributed by atoms with Gasteiger partial charge in [0, 0.05) is 60.3 Å². The lowest BCUT2D eigenvalue weighted by molar-refractivity contribution is 0.0946. The first-order valence-corrected chi connectivity index (χ1v) is 11.3. The van der Waals surface area contributed by atoms with Crippen LogP contribution < -0.4 is 5.32 Å². The Morgan fingerprint density at radius 1 is 1.24 bits per heavy atom. The van der Waals surface area contributed by atoms with Gasteiger partial charge in [-0.15, -0.1) is 0 Å². The highest BCUT2D eigenvalue weighted by atomic mass is 16.1. The lowest BCUT2D eigenvalue weighted by Gasteiger charge is -2.17. The van der Waals surface area contributed by atoms with Gasteiger partial charge in [-0.3, -0.25) is 14.8 Å². The van der Waals surface area contributed by atoms with Crippen molar-refractivity contribution >= 4 is 34.8 Å². The lowest BCUT2D eigenvalue weighted by atomic mass is 10.0. The molecule has 0 aliphatic carbocycles. The van der Waals surface area contributed by atoms with E-state index >= 15 is 0 Å². The Bertz CT molecular complexity index is 1310. The molecule has 0 saturated carbocycles. The van der Waals surface area contributed by atoms with Crippen LogP contribution in [0.25, 0.3) is 22.2 Å². The number of pyridine rings is 1.